The maximum absolute atomic E-state index is 13.6. The lowest BCUT2D eigenvalue weighted by Gasteiger charge is -2.13. The Hall–Kier alpha value is -2.47. The molecule has 0 fully saturated rings. The van der Waals surface area contributed by atoms with Gasteiger partial charge >= 0.3 is 5.97 Å². The van der Waals surface area contributed by atoms with Crippen LogP contribution >= 0.6 is 34.8 Å². The van der Waals surface area contributed by atoms with Crippen molar-refractivity contribution in [2.24, 2.45) is 0 Å². The molecule has 0 unspecified atom stereocenters. The van der Waals surface area contributed by atoms with Crippen molar-refractivity contribution in [2.75, 3.05) is 6.61 Å². The van der Waals surface area contributed by atoms with Crippen molar-refractivity contribution < 1.29 is 24.1 Å². The number of aromatic hydroxyl groups is 1. The summed E-state index contributed by atoms with van der Waals surface area (Å²) in [7, 11) is 0. The number of hydrogen-bond acceptors (Lipinski definition) is 3. The zero-order chi connectivity index (χ0) is 21.1. The number of phenols is 1. The van der Waals surface area contributed by atoms with E-state index in [9.17, 15) is 14.3 Å². The minimum absolute atomic E-state index is 0.0455. The lowest BCUT2D eigenvalue weighted by Crippen LogP contribution is -2.09. The molecule has 0 bridgehead atoms. The van der Waals surface area contributed by atoms with E-state index in [0.717, 1.165) is 5.56 Å². The zero-order valence-corrected chi connectivity index (χ0v) is 17.0. The van der Waals surface area contributed by atoms with Crippen molar-refractivity contribution in [1.82, 2.24) is 0 Å². The Bertz CT molecular complexity index is 1060. The summed E-state index contributed by atoms with van der Waals surface area (Å²) >= 11 is 18.8. The molecule has 29 heavy (non-hydrogen) atoms. The number of carboxylic acids is 1. The molecule has 4 nitrogen and oxygen atoms in total. The SMILES string of the molecule is O=C(O)COc1cc(Cl)c(Cc2ccc(O)c(-c3cc(F)ccc3Cl)c2)c(Cl)c1. The predicted molar refractivity (Wildman–Crippen MR) is 111 cm³/mol. The first-order valence-corrected chi connectivity index (χ1v) is 9.48. The third kappa shape index (κ3) is 5.12. The van der Waals surface area contributed by atoms with Gasteiger partial charge in [0, 0.05) is 32.6 Å². The second-order valence-electron chi connectivity index (χ2n) is 6.20. The van der Waals surface area contributed by atoms with Gasteiger partial charge in [-0.05, 0) is 53.6 Å². The van der Waals surface area contributed by atoms with Gasteiger partial charge in [0.1, 0.15) is 17.3 Å². The number of rotatable bonds is 6. The molecule has 0 heterocycles. The van der Waals surface area contributed by atoms with Gasteiger partial charge in [-0.3, -0.25) is 0 Å². The Labute approximate surface area is 181 Å². The monoisotopic (exact) mass is 454 g/mol. The van der Waals surface area contributed by atoms with E-state index in [2.05, 4.69) is 0 Å². The molecule has 3 aromatic carbocycles. The van der Waals surface area contributed by atoms with Crippen LogP contribution in [0.15, 0.2) is 48.5 Å². The van der Waals surface area contributed by atoms with Crippen LogP contribution in [0.2, 0.25) is 15.1 Å². The van der Waals surface area contributed by atoms with E-state index in [1.54, 1.807) is 12.1 Å². The fourth-order valence-corrected chi connectivity index (χ4v) is 3.61. The van der Waals surface area contributed by atoms with Crippen LogP contribution in [0.1, 0.15) is 11.1 Å². The van der Waals surface area contributed by atoms with Crippen LogP contribution in [0.4, 0.5) is 4.39 Å². The van der Waals surface area contributed by atoms with Crippen LogP contribution in [-0.2, 0) is 11.2 Å². The summed E-state index contributed by atoms with van der Waals surface area (Å²) in [5.41, 5.74) is 2.08. The van der Waals surface area contributed by atoms with Crippen LogP contribution in [-0.4, -0.2) is 22.8 Å². The molecule has 0 aliphatic carbocycles. The van der Waals surface area contributed by atoms with Gasteiger partial charge in [0.15, 0.2) is 6.61 Å². The Morgan fingerprint density at radius 3 is 2.28 bits per heavy atom. The molecular formula is C21H14Cl3FO4. The summed E-state index contributed by atoms with van der Waals surface area (Å²) in [5, 5.41) is 19.8. The lowest BCUT2D eigenvalue weighted by molar-refractivity contribution is -0.139. The van der Waals surface area contributed by atoms with Crippen LogP contribution < -0.4 is 4.74 Å². The first-order chi connectivity index (χ1) is 13.7. The molecule has 150 valence electrons. The van der Waals surface area contributed by atoms with E-state index in [4.69, 9.17) is 44.6 Å². The normalized spacial score (nSPS) is 10.8. The van der Waals surface area contributed by atoms with E-state index in [0.29, 0.717) is 38.2 Å². The van der Waals surface area contributed by atoms with Gasteiger partial charge in [-0.1, -0.05) is 40.9 Å². The number of halogens is 4. The van der Waals surface area contributed by atoms with Gasteiger partial charge < -0.3 is 14.9 Å². The number of benzene rings is 3. The molecule has 8 heteroatoms. The molecule has 0 spiro atoms. The number of aliphatic carboxylic acids is 1. The Morgan fingerprint density at radius 1 is 0.931 bits per heavy atom. The first kappa shape index (κ1) is 21.2. The van der Waals surface area contributed by atoms with Crippen LogP contribution in [0.5, 0.6) is 11.5 Å². The van der Waals surface area contributed by atoms with Crippen LogP contribution in [0.3, 0.4) is 0 Å². The average molecular weight is 456 g/mol. The van der Waals surface area contributed by atoms with E-state index in [1.807, 2.05) is 0 Å². The minimum atomic E-state index is -1.12. The zero-order valence-electron chi connectivity index (χ0n) is 14.8. The van der Waals surface area contributed by atoms with Gasteiger partial charge in [-0.25, -0.2) is 9.18 Å². The summed E-state index contributed by atoms with van der Waals surface area (Å²) in [6.07, 6.45) is 0.317. The summed E-state index contributed by atoms with van der Waals surface area (Å²) in [6, 6.07) is 11.7. The van der Waals surface area contributed by atoms with Crippen LogP contribution in [0.25, 0.3) is 11.1 Å². The summed E-state index contributed by atoms with van der Waals surface area (Å²) in [6.45, 7) is -0.512. The smallest absolute Gasteiger partial charge is 0.341 e. The molecule has 2 N–H and O–H groups in total. The molecule has 0 saturated heterocycles. The van der Waals surface area contributed by atoms with Crippen molar-refractivity contribution in [2.45, 2.75) is 6.42 Å². The molecule has 0 amide bonds. The highest BCUT2D eigenvalue weighted by Gasteiger charge is 2.14. The fourth-order valence-electron chi connectivity index (χ4n) is 2.79. The van der Waals surface area contributed by atoms with Gasteiger partial charge in [-0.15, -0.1) is 0 Å². The van der Waals surface area contributed by atoms with Crippen LogP contribution in [0, 0.1) is 5.82 Å². The number of phenolic OH excluding ortho intramolecular Hbond substituents is 1. The van der Waals surface area contributed by atoms with E-state index in [-0.39, 0.29) is 11.5 Å². The lowest BCUT2D eigenvalue weighted by atomic mass is 9.98. The quantitative estimate of drug-likeness (QED) is 0.463. The van der Waals surface area contributed by atoms with Crippen molar-refractivity contribution in [1.29, 1.82) is 0 Å². The molecule has 0 radical (unpaired) electrons. The van der Waals surface area contributed by atoms with Gasteiger partial charge in [0.05, 0.1) is 0 Å². The molecule has 3 rings (SSSR count). The maximum Gasteiger partial charge on any atom is 0.341 e. The average Bonchev–Trinajstić information content (AvgIpc) is 2.66. The number of carbonyl (C=O) groups is 1. The molecular weight excluding hydrogens is 442 g/mol. The summed E-state index contributed by atoms with van der Waals surface area (Å²) in [5.74, 6) is -1.40. The van der Waals surface area contributed by atoms with Gasteiger partial charge in [0.2, 0.25) is 0 Å². The molecule has 0 aliphatic rings. The Balaban J connectivity index is 1.93. The topological polar surface area (TPSA) is 66.8 Å². The number of carboxylic acid groups (broad SMARTS) is 1. The fraction of sp³-hybridized carbons (Fsp3) is 0.0952. The van der Waals surface area contributed by atoms with Crippen molar-refractivity contribution in [3.8, 4) is 22.6 Å². The predicted octanol–water partition coefficient (Wildman–Crippen LogP) is 6.21. The van der Waals surface area contributed by atoms with E-state index >= 15 is 0 Å². The highest BCUT2D eigenvalue weighted by Crippen LogP contribution is 2.37. The maximum atomic E-state index is 13.6. The highest BCUT2D eigenvalue weighted by molar-refractivity contribution is 6.36. The van der Waals surface area contributed by atoms with E-state index < -0.39 is 18.4 Å². The summed E-state index contributed by atoms with van der Waals surface area (Å²) in [4.78, 5) is 10.6. The third-order valence-electron chi connectivity index (χ3n) is 4.14. The Morgan fingerprint density at radius 2 is 1.62 bits per heavy atom. The molecule has 0 saturated carbocycles. The number of hydrogen-bond donors (Lipinski definition) is 2. The standard InChI is InChI=1S/C21H14Cl3FO4/c22-17-3-2-12(25)7-14(17)15-5-11(1-4-20(15)26)6-16-18(23)8-13(9-19(16)24)29-10-21(27)28/h1-5,7-9,26H,6,10H2,(H,27,28). The minimum Gasteiger partial charge on any atom is -0.507 e. The highest BCUT2D eigenvalue weighted by atomic mass is 35.5. The second-order valence-corrected chi connectivity index (χ2v) is 7.42. The molecule has 3 aromatic rings. The van der Waals surface area contributed by atoms with Crippen molar-refractivity contribution >= 4 is 40.8 Å². The number of ether oxygens (including phenoxy) is 1. The second kappa shape index (κ2) is 8.91. The molecule has 0 aliphatic heterocycles. The van der Waals surface area contributed by atoms with Crippen molar-refractivity contribution in [3.05, 3.63) is 80.5 Å². The van der Waals surface area contributed by atoms with E-state index in [1.165, 1.54) is 36.4 Å². The molecule has 0 atom stereocenters. The first-order valence-electron chi connectivity index (χ1n) is 8.34. The van der Waals surface area contributed by atoms with Gasteiger partial charge in [0.25, 0.3) is 0 Å². The largest absolute Gasteiger partial charge is 0.507 e. The van der Waals surface area contributed by atoms with Gasteiger partial charge in [-0.2, -0.15) is 0 Å². The van der Waals surface area contributed by atoms with Crippen molar-refractivity contribution in [3.63, 3.8) is 0 Å². The molecule has 0 aromatic heterocycles. The third-order valence-corrected chi connectivity index (χ3v) is 5.14. The summed E-state index contributed by atoms with van der Waals surface area (Å²) < 4.78 is 18.7. The Kier molecular flexibility index (Phi) is 6.52.